The predicted octanol–water partition coefficient (Wildman–Crippen LogP) is 0.00250. The summed E-state index contributed by atoms with van der Waals surface area (Å²) in [5.41, 5.74) is 5.01. The Balaban J connectivity index is 2.61. The van der Waals surface area contributed by atoms with Gasteiger partial charge in [-0.05, 0) is 24.7 Å². The predicted molar refractivity (Wildman–Crippen MR) is 68.3 cm³/mol. The Morgan fingerprint density at radius 1 is 1.26 bits per heavy atom. The third-order valence-electron chi connectivity index (χ3n) is 3.73. The molecule has 1 aliphatic carbocycles. The molecule has 1 fully saturated rings. The zero-order chi connectivity index (χ0) is 14.6. The van der Waals surface area contributed by atoms with E-state index in [1.165, 1.54) is 0 Å². The molecular weight excluding hydrogens is 250 g/mol. The number of nitrogens with zero attached hydrogens (tertiary/aromatic N) is 1. The molecule has 4 N–H and O–H groups in total. The number of urea groups is 1. The smallest absolute Gasteiger partial charge is 0.323 e. The molecule has 0 aliphatic heterocycles. The number of primary amides is 1. The number of carbonyl (C=O) groups excluding carboxylic acids is 2. The van der Waals surface area contributed by atoms with Gasteiger partial charge in [0.05, 0.1) is 0 Å². The fourth-order valence-electron chi connectivity index (χ4n) is 2.37. The van der Waals surface area contributed by atoms with Gasteiger partial charge in [-0.2, -0.15) is 0 Å². The summed E-state index contributed by atoms with van der Waals surface area (Å²) in [6.45, 7) is 3.24. The van der Waals surface area contributed by atoms with Crippen molar-refractivity contribution in [2.75, 3.05) is 13.1 Å². The summed E-state index contributed by atoms with van der Waals surface area (Å²) in [5.74, 6) is -1.05. The van der Waals surface area contributed by atoms with Gasteiger partial charge < -0.3 is 21.1 Å². The Bertz CT molecular complexity index is 356. The fourth-order valence-corrected chi connectivity index (χ4v) is 2.37. The number of rotatable bonds is 5. The molecule has 0 bridgehead atoms. The summed E-state index contributed by atoms with van der Waals surface area (Å²) >= 11 is 0. The van der Waals surface area contributed by atoms with Gasteiger partial charge in [0, 0.05) is 6.04 Å². The average molecular weight is 271 g/mol. The van der Waals surface area contributed by atoms with Crippen molar-refractivity contribution in [3.05, 3.63) is 0 Å². The molecular formula is C12H21N3O4. The molecule has 19 heavy (non-hydrogen) atoms. The van der Waals surface area contributed by atoms with Crippen LogP contribution in [0.3, 0.4) is 0 Å². The normalized spacial score (nSPS) is 25.9. The minimum absolute atomic E-state index is 0.0201. The van der Waals surface area contributed by atoms with Crippen molar-refractivity contribution in [3.8, 4) is 0 Å². The van der Waals surface area contributed by atoms with E-state index in [1.54, 1.807) is 0 Å². The number of carboxylic acid groups (broad SMARTS) is 1. The lowest BCUT2D eigenvalue weighted by molar-refractivity contribution is -0.137. The van der Waals surface area contributed by atoms with Gasteiger partial charge in [0.15, 0.2) is 0 Å². The Morgan fingerprint density at radius 3 is 2.32 bits per heavy atom. The first-order chi connectivity index (χ1) is 8.81. The Kier molecular flexibility index (Phi) is 5.14. The number of aliphatic carboxylic acids is 1. The van der Waals surface area contributed by atoms with Crippen LogP contribution in [-0.4, -0.2) is 47.0 Å². The van der Waals surface area contributed by atoms with Crippen LogP contribution in [0.25, 0.3) is 0 Å². The summed E-state index contributed by atoms with van der Waals surface area (Å²) in [7, 11) is 0. The van der Waals surface area contributed by atoms with Gasteiger partial charge in [-0.15, -0.1) is 0 Å². The van der Waals surface area contributed by atoms with E-state index < -0.39 is 31.0 Å². The Labute approximate surface area is 112 Å². The SMILES string of the molecule is CC1CCC(NC(=O)N(CC(N)=O)CC(=O)O)C1C. The lowest BCUT2D eigenvalue weighted by atomic mass is 9.98. The van der Waals surface area contributed by atoms with Crippen LogP contribution >= 0.6 is 0 Å². The van der Waals surface area contributed by atoms with E-state index in [0.29, 0.717) is 11.8 Å². The van der Waals surface area contributed by atoms with Gasteiger partial charge in [0.25, 0.3) is 0 Å². The maximum absolute atomic E-state index is 12.0. The molecule has 7 heteroatoms. The van der Waals surface area contributed by atoms with Gasteiger partial charge in [0.2, 0.25) is 5.91 Å². The zero-order valence-corrected chi connectivity index (χ0v) is 11.3. The van der Waals surface area contributed by atoms with E-state index in [2.05, 4.69) is 19.2 Å². The number of nitrogens with two attached hydrogens (primary N) is 1. The molecule has 3 amide bonds. The largest absolute Gasteiger partial charge is 0.480 e. The Morgan fingerprint density at radius 2 is 1.89 bits per heavy atom. The Hall–Kier alpha value is -1.79. The second-order valence-corrected chi connectivity index (χ2v) is 5.19. The van der Waals surface area contributed by atoms with E-state index in [4.69, 9.17) is 10.8 Å². The zero-order valence-electron chi connectivity index (χ0n) is 11.3. The molecule has 1 saturated carbocycles. The van der Waals surface area contributed by atoms with E-state index in [0.717, 1.165) is 17.7 Å². The van der Waals surface area contributed by atoms with Gasteiger partial charge in [0.1, 0.15) is 13.1 Å². The first-order valence-electron chi connectivity index (χ1n) is 6.36. The summed E-state index contributed by atoms with van der Waals surface area (Å²) in [6, 6.07) is -0.529. The summed E-state index contributed by atoms with van der Waals surface area (Å²) < 4.78 is 0. The van der Waals surface area contributed by atoms with E-state index in [-0.39, 0.29) is 6.04 Å². The first-order valence-corrected chi connectivity index (χ1v) is 6.36. The molecule has 3 unspecified atom stereocenters. The molecule has 1 aliphatic rings. The lowest BCUT2D eigenvalue weighted by Crippen LogP contribution is -2.50. The number of nitrogens with one attached hydrogen (secondary N) is 1. The minimum Gasteiger partial charge on any atom is -0.480 e. The third-order valence-corrected chi connectivity index (χ3v) is 3.73. The maximum atomic E-state index is 12.0. The van der Waals surface area contributed by atoms with Crippen LogP contribution in [0.4, 0.5) is 4.79 Å². The molecule has 0 aromatic heterocycles. The van der Waals surface area contributed by atoms with Gasteiger partial charge in [-0.1, -0.05) is 13.8 Å². The highest BCUT2D eigenvalue weighted by Crippen LogP contribution is 2.31. The maximum Gasteiger partial charge on any atom is 0.323 e. The van der Waals surface area contributed by atoms with Crippen molar-refractivity contribution < 1.29 is 19.5 Å². The van der Waals surface area contributed by atoms with Crippen molar-refractivity contribution in [1.82, 2.24) is 10.2 Å². The topological polar surface area (TPSA) is 113 Å². The second-order valence-electron chi connectivity index (χ2n) is 5.19. The van der Waals surface area contributed by atoms with Crippen LogP contribution in [0.2, 0.25) is 0 Å². The monoisotopic (exact) mass is 271 g/mol. The molecule has 0 spiro atoms. The van der Waals surface area contributed by atoms with E-state index in [9.17, 15) is 14.4 Å². The number of hydrogen-bond acceptors (Lipinski definition) is 3. The highest BCUT2D eigenvalue weighted by atomic mass is 16.4. The highest BCUT2D eigenvalue weighted by molar-refractivity contribution is 5.86. The van der Waals surface area contributed by atoms with Crippen molar-refractivity contribution in [3.63, 3.8) is 0 Å². The van der Waals surface area contributed by atoms with Crippen LogP contribution in [-0.2, 0) is 9.59 Å². The third kappa shape index (κ3) is 4.42. The van der Waals surface area contributed by atoms with E-state index >= 15 is 0 Å². The molecule has 0 heterocycles. The second kappa shape index (κ2) is 6.40. The molecule has 1 rings (SSSR count). The number of hydrogen-bond donors (Lipinski definition) is 3. The van der Waals surface area contributed by atoms with Crippen LogP contribution in [0.15, 0.2) is 0 Å². The minimum atomic E-state index is -1.18. The summed E-state index contributed by atoms with van der Waals surface area (Å²) in [6.07, 6.45) is 1.90. The molecule has 7 nitrogen and oxygen atoms in total. The molecule has 3 atom stereocenters. The quantitative estimate of drug-likeness (QED) is 0.653. The number of carboxylic acids is 1. The molecule has 108 valence electrons. The van der Waals surface area contributed by atoms with Crippen LogP contribution < -0.4 is 11.1 Å². The molecule has 0 radical (unpaired) electrons. The van der Waals surface area contributed by atoms with Crippen molar-refractivity contribution in [1.29, 1.82) is 0 Å². The number of carbonyl (C=O) groups is 3. The van der Waals surface area contributed by atoms with Gasteiger partial charge in [-0.25, -0.2) is 4.79 Å². The molecule has 0 aromatic carbocycles. The van der Waals surface area contributed by atoms with Crippen molar-refractivity contribution >= 4 is 17.9 Å². The van der Waals surface area contributed by atoms with Crippen LogP contribution in [0.5, 0.6) is 0 Å². The standard InChI is InChI=1S/C12H21N3O4/c1-7-3-4-9(8(7)2)14-12(19)15(5-10(13)16)6-11(17)18/h7-9H,3-6H2,1-2H3,(H2,13,16)(H,14,19)(H,17,18). The average Bonchev–Trinajstić information content (AvgIpc) is 2.59. The highest BCUT2D eigenvalue weighted by Gasteiger charge is 2.32. The van der Waals surface area contributed by atoms with Crippen LogP contribution in [0.1, 0.15) is 26.7 Å². The van der Waals surface area contributed by atoms with Crippen molar-refractivity contribution in [2.45, 2.75) is 32.7 Å². The lowest BCUT2D eigenvalue weighted by Gasteiger charge is -2.25. The fraction of sp³-hybridized carbons (Fsp3) is 0.750. The van der Waals surface area contributed by atoms with E-state index in [1.807, 2.05) is 0 Å². The molecule has 0 saturated heterocycles. The molecule has 0 aromatic rings. The summed E-state index contributed by atoms with van der Waals surface area (Å²) in [5, 5.41) is 11.5. The summed E-state index contributed by atoms with van der Waals surface area (Å²) in [4.78, 5) is 34.4. The van der Waals surface area contributed by atoms with Gasteiger partial charge >= 0.3 is 12.0 Å². The van der Waals surface area contributed by atoms with Crippen LogP contribution in [0, 0.1) is 11.8 Å². The number of amides is 3. The van der Waals surface area contributed by atoms with Gasteiger partial charge in [-0.3, -0.25) is 9.59 Å². The first kappa shape index (κ1) is 15.3. The van der Waals surface area contributed by atoms with Crippen molar-refractivity contribution in [2.24, 2.45) is 17.6 Å².